The summed E-state index contributed by atoms with van der Waals surface area (Å²) in [6, 6.07) is 10.5. The summed E-state index contributed by atoms with van der Waals surface area (Å²) in [6.45, 7) is 3.63. The summed E-state index contributed by atoms with van der Waals surface area (Å²) in [4.78, 5) is 1.21. The number of nitrogens with two attached hydrogens (primary N) is 1. The minimum Gasteiger partial charge on any atom is -0.399 e. The van der Waals surface area contributed by atoms with Crippen molar-refractivity contribution in [3.63, 3.8) is 0 Å². The molecule has 0 saturated heterocycles. The summed E-state index contributed by atoms with van der Waals surface area (Å²) in [5, 5.41) is 0. The van der Waals surface area contributed by atoms with Crippen LogP contribution in [0.2, 0.25) is 0 Å². The van der Waals surface area contributed by atoms with Crippen LogP contribution < -0.4 is 10.5 Å². The highest BCUT2D eigenvalue weighted by Crippen LogP contribution is 2.26. The van der Waals surface area contributed by atoms with E-state index < -0.39 is 10.0 Å². The fourth-order valence-corrected chi connectivity index (χ4v) is 3.89. The van der Waals surface area contributed by atoms with Crippen molar-refractivity contribution in [2.45, 2.75) is 23.6 Å². The van der Waals surface area contributed by atoms with Crippen molar-refractivity contribution in [2.24, 2.45) is 0 Å². The number of thioether (sulfide) groups is 1. The van der Waals surface area contributed by atoms with Gasteiger partial charge in [-0.05, 0) is 61.6 Å². The molecule has 0 aromatic heterocycles. The SMILES string of the molecule is CSc1cccc(NS(=O)(=O)c2cc(N)cc(C)c2C)c1. The number of rotatable bonds is 4. The van der Waals surface area contributed by atoms with Gasteiger partial charge in [-0.15, -0.1) is 11.8 Å². The van der Waals surface area contributed by atoms with Gasteiger partial charge in [0.2, 0.25) is 0 Å². The molecule has 2 rings (SSSR count). The second-order valence-electron chi connectivity index (χ2n) is 4.80. The molecular formula is C15H18N2O2S2. The summed E-state index contributed by atoms with van der Waals surface area (Å²) in [5.41, 5.74) is 8.31. The first-order chi connectivity index (χ1) is 9.83. The monoisotopic (exact) mass is 322 g/mol. The van der Waals surface area contributed by atoms with Crippen LogP contribution >= 0.6 is 11.8 Å². The highest BCUT2D eigenvalue weighted by molar-refractivity contribution is 7.98. The van der Waals surface area contributed by atoms with Crippen LogP contribution in [0.15, 0.2) is 46.2 Å². The van der Waals surface area contributed by atoms with Gasteiger partial charge in [0.1, 0.15) is 0 Å². The topological polar surface area (TPSA) is 72.2 Å². The molecule has 6 heteroatoms. The highest BCUT2D eigenvalue weighted by atomic mass is 32.2. The highest BCUT2D eigenvalue weighted by Gasteiger charge is 2.18. The lowest BCUT2D eigenvalue weighted by molar-refractivity contribution is 0.600. The number of nitrogens with one attached hydrogen (secondary N) is 1. The van der Waals surface area contributed by atoms with E-state index in [0.717, 1.165) is 10.5 Å². The lowest BCUT2D eigenvalue weighted by Gasteiger charge is -2.13. The fourth-order valence-electron chi connectivity index (χ4n) is 2.03. The summed E-state index contributed by atoms with van der Waals surface area (Å²) in [5.74, 6) is 0. The minimum atomic E-state index is -3.65. The molecule has 2 aromatic rings. The number of anilines is 2. The van der Waals surface area contributed by atoms with Gasteiger partial charge >= 0.3 is 0 Å². The van der Waals surface area contributed by atoms with E-state index in [1.54, 1.807) is 36.9 Å². The van der Waals surface area contributed by atoms with Crippen molar-refractivity contribution in [1.82, 2.24) is 0 Å². The largest absolute Gasteiger partial charge is 0.399 e. The van der Waals surface area contributed by atoms with Crippen LogP contribution in [0.1, 0.15) is 11.1 Å². The molecule has 0 aliphatic carbocycles. The van der Waals surface area contributed by atoms with Crippen LogP contribution in [0.5, 0.6) is 0 Å². The van der Waals surface area contributed by atoms with Gasteiger partial charge < -0.3 is 5.73 Å². The zero-order valence-electron chi connectivity index (χ0n) is 12.2. The lowest BCUT2D eigenvalue weighted by atomic mass is 10.1. The number of hydrogen-bond acceptors (Lipinski definition) is 4. The standard InChI is InChI=1S/C15H18N2O2S2/c1-10-7-12(16)8-15(11(10)2)21(18,19)17-13-5-4-6-14(9-13)20-3/h4-9,17H,16H2,1-3H3. The Morgan fingerprint density at radius 1 is 1.14 bits per heavy atom. The zero-order valence-corrected chi connectivity index (χ0v) is 13.8. The molecule has 2 aromatic carbocycles. The average molecular weight is 322 g/mol. The quantitative estimate of drug-likeness (QED) is 0.668. The van der Waals surface area contributed by atoms with Gasteiger partial charge in [-0.1, -0.05) is 6.07 Å². The summed E-state index contributed by atoms with van der Waals surface area (Å²) in [7, 11) is -3.65. The molecule has 4 nitrogen and oxygen atoms in total. The predicted molar refractivity (Wildman–Crippen MR) is 89.4 cm³/mol. The van der Waals surface area contributed by atoms with E-state index in [4.69, 9.17) is 5.73 Å². The van der Waals surface area contributed by atoms with E-state index in [0.29, 0.717) is 16.9 Å². The first kappa shape index (κ1) is 15.7. The van der Waals surface area contributed by atoms with Crippen LogP contribution in [-0.4, -0.2) is 14.7 Å². The molecule has 0 aliphatic heterocycles. The van der Waals surface area contributed by atoms with Crippen LogP contribution in [-0.2, 0) is 10.0 Å². The van der Waals surface area contributed by atoms with Crippen LogP contribution in [0.3, 0.4) is 0 Å². The molecular weight excluding hydrogens is 304 g/mol. The molecule has 0 saturated carbocycles. The molecule has 0 unspecified atom stereocenters. The van der Waals surface area contributed by atoms with Crippen molar-refractivity contribution < 1.29 is 8.42 Å². The first-order valence-corrected chi connectivity index (χ1v) is 9.08. The number of nitrogen functional groups attached to an aromatic ring is 1. The predicted octanol–water partition coefficient (Wildman–Crippen LogP) is 3.41. The Balaban J connectivity index is 2.43. The summed E-state index contributed by atoms with van der Waals surface area (Å²) >= 11 is 1.56. The normalized spacial score (nSPS) is 11.4. The second kappa shape index (κ2) is 5.99. The van der Waals surface area contributed by atoms with Gasteiger partial charge in [0, 0.05) is 16.3 Å². The van der Waals surface area contributed by atoms with Crippen molar-refractivity contribution in [2.75, 3.05) is 16.7 Å². The third-order valence-corrected chi connectivity index (χ3v) is 5.49. The van der Waals surface area contributed by atoms with Crippen molar-refractivity contribution >= 4 is 33.2 Å². The second-order valence-corrected chi connectivity index (χ2v) is 7.33. The average Bonchev–Trinajstić information content (AvgIpc) is 2.42. The molecule has 0 fully saturated rings. The number of aryl methyl sites for hydroxylation is 1. The van der Waals surface area contributed by atoms with E-state index in [-0.39, 0.29) is 4.90 Å². The molecule has 3 N–H and O–H groups in total. The zero-order chi connectivity index (χ0) is 15.6. The lowest BCUT2D eigenvalue weighted by Crippen LogP contribution is -2.15. The summed E-state index contributed by atoms with van der Waals surface area (Å²) in [6.07, 6.45) is 1.94. The number of benzene rings is 2. The van der Waals surface area contributed by atoms with Gasteiger partial charge in [0.25, 0.3) is 10.0 Å². The van der Waals surface area contributed by atoms with E-state index in [1.165, 1.54) is 6.07 Å². The molecule has 0 heterocycles. The van der Waals surface area contributed by atoms with Crippen molar-refractivity contribution in [3.05, 3.63) is 47.5 Å². The Kier molecular flexibility index (Phi) is 4.49. The Morgan fingerprint density at radius 3 is 2.52 bits per heavy atom. The van der Waals surface area contributed by atoms with Gasteiger partial charge in [0.05, 0.1) is 4.90 Å². The van der Waals surface area contributed by atoms with Gasteiger partial charge in [-0.3, -0.25) is 4.72 Å². The third kappa shape index (κ3) is 3.51. The van der Waals surface area contributed by atoms with Crippen LogP contribution in [0, 0.1) is 13.8 Å². The van der Waals surface area contributed by atoms with Gasteiger partial charge in [-0.25, -0.2) is 8.42 Å². The fraction of sp³-hybridized carbons (Fsp3) is 0.200. The Bertz CT molecular complexity index is 771. The van der Waals surface area contributed by atoms with E-state index in [9.17, 15) is 8.42 Å². The number of sulfonamides is 1. The van der Waals surface area contributed by atoms with Crippen LogP contribution in [0.25, 0.3) is 0 Å². The van der Waals surface area contributed by atoms with E-state index in [1.807, 2.05) is 25.3 Å². The number of hydrogen-bond donors (Lipinski definition) is 2. The maximum Gasteiger partial charge on any atom is 0.262 e. The molecule has 0 atom stereocenters. The molecule has 0 spiro atoms. The molecule has 0 radical (unpaired) electrons. The van der Waals surface area contributed by atoms with Crippen molar-refractivity contribution in [1.29, 1.82) is 0 Å². The minimum absolute atomic E-state index is 0.217. The molecule has 112 valence electrons. The first-order valence-electron chi connectivity index (χ1n) is 6.37. The molecule has 0 amide bonds. The smallest absolute Gasteiger partial charge is 0.262 e. The van der Waals surface area contributed by atoms with Crippen LogP contribution in [0.4, 0.5) is 11.4 Å². The van der Waals surface area contributed by atoms with E-state index in [2.05, 4.69) is 4.72 Å². The Labute approximate surface area is 129 Å². The molecule has 21 heavy (non-hydrogen) atoms. The van der Waals surface area contributed by atoms with Gasteiger partial charge in [0.15, 0.2) is 0 Å². The van der Waals surface area contributed by atoms with Crippen molar-refractivity contribution in [3.8, 4) is 0 Å². The summed E-state index contributed by atoms with van der Waals surface area (Å²) < 4.78 is 27.7. The van der Waals surface area contributed by atoms with E-state index >= 15 is 0 Å². The van der Waals surface area contributed by atoms with Gasteiger partial charge in [-0.2, -0.15) is 0 Å². The molecule has 0 aliphatic rings. The Hall–Kier alpha value is -1.66. The maximum atomic E-state index is 12.6. The Morgan fingerprint density at radius 2 is 1.86 bits per heavy atom. The molecule has 0 bridgehead atoms. The maximum absolute atomic E-state index is 12.6. The third-order valence-electron chi connectivity index (χ3n) is 3.25.